The second-order valence-corrected chi connectivity index (χ2v) is 4.87. The predicted octanol–water partition coefficient (Wildman–Crippen LogP) is 3.45. The average Bonchev–Trinajstić information content (AvgIpc) is 2.46. The lowest BCUT2D eigenvalue weighted by Crippen LogP contribution is -2.24. The predicted molar refractivity (Wildman–Crippen MR) is 79.6 cm³/mol. The molecule has 0 fully saturated rings. The van der Waals surface area contributed by atoms with Crippen molar-refractivity contribution < 1.29 is 0 Å². The number of nitrogens with zero attached hydrogens (tertiary/aromatic N) is 2. The SMILES string of the molecule is Cl.N=C1N=C2C=CC(Br)=CN2Cc2ccccc21. The van der Waals surface area contributed by atoms with Gasteiger partial charge in [-0.15, -0.1) is 12.4 Å². The van der Waals surface area contributed by atoms with Crippen molar-refractivity contribution in [1.29, 1.82) is 5.41 Å². The van der Waals surface area contributed by atoms with E-state index in [9.17, 15) is 0 Å². The van der Waals surface area contributed by atoms with Crippen LogP contribution in [0, 0.1) is 5.41 Å². The van der Waals surface area contributed by atoms with E-state index in [0.717, 1.165) is 28.0 Å². The maximum absolute atomic E-state index is 8.00. The van der Waals surface area contributed by atoms with Gasteiger partial charge in [-0.25, -0.2) is 4.99 Å². The van der Waals surface area contributed by atoms with Gasteiger partial charge in [-0.1, -0.05) is 24.3 Å². The molecule has 0 amide bonds. The number of allylic oxidation sites excluding steroid dienone is 2. The van der Waals surface area contributed by atoms with Crippen LogP contribution in [-0.2, 0) is 6.54 Å². The minimum atomic E-state index is 0. The normalized spacial score (nSPS) is 16.9. The minimum absolute atomic E-state index is 0. The summed E-state index contributed by atoms with van der Waals surface area (Å²) in [7, 11) is 0. The molecule has 2 aliphatic heterocycles. The molecule has 1 N–H and O–H groups in total. The zero-order valence-electron chi connectivity index (χ0n) is 9.43. The lowest BCUT2D eigenvalue weighted by molar-refractivity contribution is 0.555. The summed E-state index contributed by atoms with van der Waals surface area (Å²) in [6.07, 6.45) is 5.86. The molecule has 92 valence electrons. The van der Waals surface area contributed by atoms with E-state index in [0.29, 0.717) is 5.84 Å². The summed E-state index contributed by atoms with van der Waals surface area (Å²) < 4.78 is 1.02. The van der Waals surface area contributed by atoms with E-state index in [1.807, 2.05) is 47.5 Å². The first-order valence-corrected chi connectivity index (χ1v) is 6.11. The molecule has 0 aliphatic carbocycles. The molecular formula is C13H11BrClN3. The Balaban J connectivity index is 0.00000120. The highest BCUT2D eigenvalue weighted by atomic mass is 79.9. The largest absolute Gasteiger partial charge is 0.327 e. The summed E-state index contributed by atoms with van der Waals surface area (Å²) in [5, 5.41) is 8.00. The minimum Gasteiger partial charge on any atom is -0.327 e. The van der Waals surface area contributed by atoms with Crippen molar-refractivity contribution in [1.82, 2.24) is 4.90 Å². The average molecular weight is 325 g/mol. The van der Waals surface area contributed by atoms with Crippen LogP contribution in [0.1, 0.15) is 11.1 Å². The molecule has 5 heteroatoms. The molecule has 0 unspecified atom stereocenters. The first-order valence-electron chi connectivity index (χ1n) is 5.31. The van der Waals surface area contributed by atoms with Gasteiger partial charge in [0.1, 0.15) is 5.84 Å². The smallest absolute Gasteiger partial charge is 0.154 e. The van der Waals surface area contributed by atoms with E-state index in [2.05, 4.69) is 20.9 Å². The summed E-state index contributed by atoms with van der Waals surface area (Å²) in [4.78, 5) is 6.39. The third-order valence-electron chi connectivity index (χ3n) is 2.80. The number of nitrogens with one attached hydrogen (secondary N) is 1. The first kappa shape index (κ1) is 13.1. The highest BCUT2D eigenvalue weighted by Gasteiger charge is 2.19. The Hall–Kier alpha value is -1.39. The van der Waals surface area contributed by atoms with Crippen molar-refractivity contribution in [2.24, 2.45) is 4.99 Å². The second-order valence-electron chi connectivity index (χ2n) is 3.95. The van der Waals surface area contributed by atoms with E-state index in [1.165, 1.54) is 0 Å². The lowest BCUT2D eigenvalue weighted by atomic mass is 10.1. The van der Waals surface area contributed by atoms with Crippen molar-refractivity contribution in [2.75, 3.05) is 0 Å². The fourth-order valence-corrected chi connectivity index (χ4v) is 2.36. The van der Waals surface area contributed by atoms with Gasteiger partial charge in [-0.05, 0) is 33.6 Å². The standard InChI is InChI=1S/C13H10BrN3.ClH/c14-10-5-6-12-16-13(15)11-4-2-1-3-9(11)7-17(12)8-10;/h1-6,8,15H,7H2;1H. The molecule has 2 aliphatic rings. The van der Waals surface area contributed by atoms with E-state index in [1.54, 1.807) is 0 Å². The molecule has 3 rings (SSSR count). The summed E-state index contributed by atoms with van der Waals surface area (Å²) in [6.45, 7) is 0.747. The fraction of sp³-hybridized carbons (Fsp3) is 0.0769. The van der Waals surface area contributed by atoms with Crippen molar-refractivity contribution in [3.63, 3.8) is 0 Å². The molecular weight excluding hydrogens is 314 g/mol. The van der Waals surface area contributed by atoms with E-state index >= 15 is 0 Å². The molecule has 0 atom stereocenters. The first-order chi connectivity index (χ1) is 8.24. The van der Waals surface area contributed by atoms with Crippen LogP contribution in [0.4, 0.5) is 0 Å². The van der Waals surface area contributed by atoms with E-state index in [-0.39, 0.29) is 12.4 Å². The number of hydrogen-bond donors (Lipinski definition) is 1. The Morgan fingerprint density at radius 3 is 2.83 bits per heavy atom. The molecule has 1 aromatic rings. The maximum atomic E-state index is 8.00. The van der Waals surface area contributed by atoms with Crippen LogP contribution < -0.4 is 0 Å². The Bertz CT molecular complexity index is 590. The van der Waals surface area contributed by atoms with Gasteiger partial charge in [0.05, 0.1) is 0 Å². The van der Waals surface area contributed by atoms with Crippen molar-refractivity contribution in [3.8, 4) is 0 Å². The van der Waals surface area contributed by atoms with Crippen molar-refractivity contribution >= 4 is 40.0 Å². The quantitative estimate of drug-likeness (QED) is 0.780. The van der Waals surface area contributed by atoms with Crippen LogP contribution in [0.3, 0.4) is 0 Å². The summed E-state index contributed by atoms with van der Waals surface area (Å²) in [5.41, 5.74) is 2.04. The molecule has 3 nitrogen and oxygen atoms in total. The van der Waals surface area contributed by atoms with Crippen LogP contribution in [0.2, 0.25) is 0 Å². The number of fused-ring (bicyclic) bond motifs is 2. The molecule has 0 spiro atoms. The summed E-state index contributed by atoms with van der Waals surface area (Å²) in [5.74, 6) is 1.14. The molecule has 0 saturated heterocycles. The van der Waals surface area contributed by atoms with Crippen LogP contribution in [0.5, 0.6) is 0 Å². The van der Waals surface area contributed by atoms with Gasteiger partial charge < -0.3 is 4.90 Å². The van der Waals surface area contributed by atoms with Gasteiger partial charge in [0.2, 0.25) is 0 Å². The fourth-order valence-electron chi connectivity index (χ4n) is 1.98. The summed E-state index contributed by atoms with van der Waals surface area (Å²) in [6, 6.07) is 7.93. The van der Waals surface area contributed by atoms with E-state index in [4.69, 9.17) is 5.41 Å². The molecule has 18 heavy (non-hydrogen) atoms. The number of amidine groups is 2. The Morgan fingerprint density at radius 2 is 2.00 bits per heavy atom. The molecule has 0 bridgehead atoms. The number of halogens is 2. The van der Waals surface area contributed by atoms with Crippen LogP contribution >= 0.6 is 28.3 Å². The van der Waals surface area contributed by atoms with Gasteiger partial charge in [-0.3, -0.25) is 5.41 Å². The Labute approximate surface area is 120 Å². The zero-order chi connectivity index (χ0) is 11.8. The topological polar surface area (TPSA) is 39.5 Å². The van der Waals surface area contributed by atoms with Crippen molar-refractivity contribution in [2.45, 2.75) is 6.54 Å². The van der Waals surface area contributed by atoms with Gasteiger partial charge in [-0.2, -0.15) is 0 Å². The van der Waals surface area contributed by atoms with E-state index < -0.39 is 0 Å². The zero-order valence-corrected chi connectivity index (χ0v) is 11.8. The summed E-state index contributed by atoms with van der Waals surface area (Å²) >= 11 is 3.45. The van der Waals surface area contributed by atoms with Crippen LogP contribution in [0.15, 0.2) is 52.1 Å². The monoisotopic (exact) mass is 323 g/mol. The molecule has 1 aromatic carbocycles. The van der Waals surface area contributed by atoms with Gasteiger partial charge in [0, 0.05) is 22.8 Å². The number of rotatable bonds is 0. The lowest BCUT2D eigenvalue weighted by Gasteiger charge is -2.21. The molecule has 0 saturated carbocycles. The highest BCUT2D eigenvalue weighted by molar-refractivity contribution is 9.11. The highest BCUT2D eigenvalue weighted by Crippen LogP contribution is 2.22. The maximum Gasteiger partial charge on any atom is 0.154 e. The number of aliphatic imine (C=N–C) groups is 1. The third kappa shape index (κ3) is 2.26. The Morgan fingerprint density at radius 1 is 1.22 bits per heavy atom. The molecule has 0 radical (unpaired) electrons. The third-order valence-corrected chi connectivity index (χ3v) is 3.27. The van der Waals surface area contributed by atoms with Crippen molar-refractivity contribution in [3.05, 3.63) is 58.2 Å². The van der Waals surface area contributed by atoms with Gasteiger partial charge >= 0.3 is 0 Å². The number of hydrogen-bond acceptors (Lipinski definition) is 2. The molecule has 2 heterocycles. The molecule has 0 aromatic heterocycles. The number of benzene rings is 1. The Kier molecular flexibility index (Phi) is 3.68. The van der Waals surface area contributed by atoms with Crippen LogP contribution in [0.25, 0.3) is 0 Å². The van der Waals surface area contributed by atoms with Gasteiger partial charge in [0.15, 0.2) is 5.84 Å². The van der Waals surface area contributed by atoms with Crippen LogP contribution in [-0.4, -0.2) is 16.6 Å². The second kappa shape index (κ2) is 5.08. The van der Waals surface area contributed by atoms with Gasteiger partial charge in [0.25, 0.3) is 0 Å².